The van der Waals surface area contributed by atoms with Crippen LogP contribution in [-0.2, 0) is 31.9 Å². The highest BCUT2D eigenvalue weighted by atomic mass is 19.4. The van der Waals surface area contributed by atoms with Crippen LogP contribution in [-0.4, -0.2) is 55.9 Å². The molecule has 1 aliphatic heterocycles. The first-order chi connectivity index (χ1) is 22.3. The van der Waals surface area contributed by atoms with Crippen molar-refractivity contribution in [2.45, 2.75) is 62.4 Å². The second kappa shape index (κ2) is 16.0. The normalized spacial score (nSPS) is 17.8. The topological polar surface area (TPSA) is 114 Å². The van der Waals surface area contributed by atoms with Gasteiger partial charge in [0, 0.05) is 18.9 Å². The fraction of sp³-hybridized carbons (Fsp3) is 0.382. The molecule has 13 heteroatoms. The number of halogens is 6. The number of ether oxygens (including phenoxy) is 2. The van der Waals surface area contributed by atoms with E-state index in [1.165, 1.54) is 30.3 Å². The van der Waals surface area contributed by atoms with Crippen LogP contribution in [0.25, 0.3) is 0 Å². The summed E-state index contributed by atoms with van der Waals surface area (Å²) in [5, 5.41) is 12.3. The first kappa shape index (κ1) is 35.6. The monoisotopic (exact) mass is 661 g/mol. The number of alkyl halides is 3. The molecule has 4 atom stereocenters. The lowest BCUT2D eigenvalue weighted by Gasteiger charge is -2.30. The van der Waals surface area contributed by atoms with Crippen LogP contribution in [0.1, 0.15) is 53.0 Å². The van der Waals surface area contributed by atoms with Gasteiger partial charge in [-0.05, 0) is 65.4 Å². The van der Waals surface area contributed by atoms with Gasteiger partial charge in [-0.15, -0.1) is 0 Å². The quantitative estimate of drug-likeness (QED) is 0.186. The molecule has 0 spiro atoms. The number of benzene rings is 3. The Bertz CT molecular complexity index is 1580. The molecule has 0 aliphatic carbocycles. The highest BCUT2D eigenvalue weighted by molar-refractivity contribution is 5.87. The average molecular weight is 662 g/mol. The van der Waals surface area contributed by atoms with E-state index in [0.29, 0.717) is 35.2 Å². The number of carbonyl (C=O) groups excluding carboxylic acids is 2. The molecule has 3 aromatic carbocycles. The zero-order chi connectivity index (χ0) is 34.1. The number of ketones is 1. The van der Waals surface area contributed by atoms with E-state index < -0.39 is 66.2 Å². The number of nitriles is 1. The summed E-state index contributed by atoms with van der Waals surface area (Å²) in [6.45, 7) is 0.283. The molecule has 3 aromatic rings. The summed E-state index contributed by atoms with van der Waals surface area (Å²) >= 11 is 0. The first-order valence-corrected chi connectivity index (χ1v) is 14.9. The van der Waals surface area contributed by atoms with E-state index in [-0.39, 0.29) is 37.7 Å². The van der Waals surface area contributed by atoms with Crippen LogP contribution in [0.3, 0.4) is 0 Å². The molecule has 0 unspecified atom stereocenters. The predicted octanol–water partition coefficient (Wildman–Crippen LogP) is 5.42. The van der Waals surface area contributed by atoms with Crippen molar-refractivity contribution in [1.29, 1.82) is 5.26 Å². The molecule has 0 saturated carbocycles. The largest absolute Gasteiger partial charge is 0.464 e. The van der Waals surface area contributed by atoms with E-state index in [0.717, 1.165) is 12.1 Å². The zero-order valence-electron chi connectivity index (χ0n) is 25.2. The van der Waals surface area contributed by atoms with Crippen molar-refractivity contribution in [3.05, 3.63) is 106 Å². The van der Waals surface area contributed by atoms with E-state index in [4.69, 9.17) is 20.5 Å². The van der Waals surface area contributed by atoms with Gasteiger partial charge in [-0.1, -0.05) is 30.3 Å². The van der Waals surface area contributed by atoms with Gasteiger partial charge in [-0.3, -0.25) is 9.59 Å². The number of Topliss-reactive ketones (excluding diaryl/α,β-unsaturated/α-hetero) is 1. The van der Waals surface area contributed by atoms with Gasteiger partial charge in [0.05, 0.1) is 49.3 Å². The summed E-state index contributed by atoms with van der Waals surface area (Å²) in [5.74, 6) is -5.02. The van der Waals surface area contributed by atoms with Crippen LogP contribution in [0.15, 0.2) is 60.7 Å². The van der Waals surface area contributed by atoms with Gasteiger partial charge in [0.2, 0.25) is 0 Å². The molecule has 0 radical (unpaired) electrons. The van der Waals surface area contributed by atoms with Crippen molar-refractivity contribution in [2.24, 2.45) is 5.73 Å². The Morgan fingerprint density at radius 2 is 1.74 bits per heavy atom. The Morgan fingerprint density at radius 3 is 2.38 bits per heavy atom. The maximum atomic E-state index is 15.1. The third-order valence-electron chi connectivity index (χ3n) is 7.95. The number of esters is 1. The summed E-state index contributed by atoms with van der Waals surface area (Å²) in [5.41, 5.74) is 8.29. The molecule has 7 nitrogen and oxygen atoms in total. The first-order valence-electron chi connectivity index (χ1n) is 14.9. The summed E-state index contributed by atoms with van der Waals surface area (Å²) in [6, 6.07) is 14.2. The van der Waals surface area contributed by atoms with Gasteiger partial charge in [0.15, 0.2) is 17.4 Å². The molecular weight excluding hydrogens is 628 g/mol. The molecular formula is C34H33F6N3O4. The fourth-order valence-corrected chi connectivity index (χ4v) is 5.39. The van der Waals surface area contributed by atoms with Gasteiger partial charge in [0.1, 0.15) is 12.4 Å². The maximum absolute atomic E-state index is 15.1. The number of morpholine rings is 1. The van der Waals surface area contributed by atoms with Crippen LogP contribution in [0.2, 0.25) is 0 Å². The van der Waals surface area contributed by atoms with Crippen LogP contribution in [0, 0.1) is 28.8 Å². The molecule has 1 fully saturated rings. The lowest BCUT2D eigenvalue weighted by atomic mass is 9.81. The lowest BCUT2D eigenvalue weighted by Crippen LogP contribution is -2.49. The molecule has 0 bridgehead atoms. The maximum Gasteiger partial charge on any atom is 0.389 e. The Labute approximate surface area is 267 Å². The standard InChI is InChI=1S/C34H33F6N3O4/c35-27-3-1-2-22(26(27)10-9-25-17-43-24(18-46-25)19-47-31(45)12-13-34(38,39)40)15-30(44)33(42)32(21-6-4-20(16-41)5-7-21)23-8-11-28(36)29(37)14-23/h1-8,11,14,24-25,32-33,43H,9-10,12-13,15,17-19,42H2/t24-,25+,32+,33+/m0/s1. The minimum Gasteiger partial charge on any atom is -0.464 e. The van der Waals surface area contributed by atoms with Gasteiger partial charge in [-0.25, -0.2) is 13.2 Å². The second-order valence-electron chi connectivity index (χ2n) is 11.3. The smallest absolute Gasteiger partial charge is 0.389 e. The van der Waals surface area contributed by atoms with E-state index >= 15 is 4.39 Å². The second-order valence-corrected chi connectivity index (χ2v) is 11.3. The third-order valence-corrected chi connectivity index (χ3v) is 7.95. The number of nitrogens with two attached hydrogens (primary N) is 1. The number of hydrogen-bond acceptors (Lipinski definition) is 7. The van der Waals surface area contributed by atoms with Crippen molar-refractivity contribution in [3.8, 4) is 6.07 Å². The minimum atomic E-state index is -4.45. The summed E-state index contributed by atoms with van der Waals surface area (Å²) in [7, 11) is 0. The number of nitrogens with one attached hydrogen (secondary N) is 1. The molecule has 1 heterocycles. The third kappa shape index (κ3) is 10.1. The number of carbonyl (C=O) groups is 2. The van der Waals surface area contributed by atoms with E-state index in [2.05, 4.69) is 5.32 Å². The van der Waals surface area contributed by atoms with Crippen molar-refractivity contribution in [3.63, 3.8) is 0 Å². The van der Waals surface area contributed by atoms with Gasteiger partial charge < -0.3 is 20.5 Å². The number of hydrogen-bond donors (Lipinski definition) is 2. The van der Waals surface area contributed by atoms with Gasteiger partial charge in [-0.2, -0.15) is 18.4 Å². The number of nitrogens with zero attached hydrogens (tertiary/aromatic N) is 1. The van der Waals surface area contributed by atoms with Crippen LogP contribution < -0.4 is 11.1 Å². The predicted molar refractivity (Wildman–Crippen MR) is 159 cm³/mol. The van der Waals surface area contributed by atoms with Crippen molar-refractivity contribution in [2.75, 3.05) is 19.8 Å². The highest BCUT2D eigenvalue weighted by Gasteiger charge is 2.31. The molecule has 47 heavy (non-hydrogen) atoms. The Balaban J connectivity index is 1.38. The van der Waals surface area contributed by atoms with Crippen molar-refractivity contribution in [1.82, 2.24) is 5.32 Å². The SMILES string of the molecule is N#Cc1ccc([C@H](c2ccc(F)c(F)c2)[C@H](N)C(=O)Cc2cccc(F)c2CC[C@@H]2CN[C@H](COC(=O)CCC(F)(F)F)CO2)cc1. The van der Waals surface area contributed by atoms with Crippen molar-refractivity contribution >= 4 is 11.8 Å². The van der Waals surface area contributed by atoms with Crippen LogP contribution >= 0.6 is 0 Å². The van der Waals surface area contributed by atoms with E-state index in [1.807, 2.05) is 6.07 Å². The Morgan fingerprint density at radius 1 is 1.02 bits per heavy atom. The average Bonchev–Trinajstić information content (AvgIpc) is 3.04. The van der Waals surface area contributed by atoms with E-state index in [1.54, 1.807) is 18.2 Å². The zero-order valence-corrected chi connectivity index (χ0v) is 25.2. The Hall–Kier alpha value is -4.25. The number of rotatable bonds is 13. The molecule has 0 aromatic heterocycles. The summed E-state index contributed by atoms with van der Waals surface area (Å²) in [4.78, 5) is 25.2. The van der Waals surface area contributed by atoms with Gasteiger partial charge in [0.25, 0.3) is 0 Å². The molecule has 3 N–H and O–H groups in total. The van der Waals surface area contributed by atoms with E-state index in [9.17, 15) is 31.5 Å². The van der Waals surface area contributed by atoms with Crippen LogP contribution in [0.4, 0.5) is 26.3 Å². The molecule has 250 valence electrons. The molecule has 0 amide bonds. The summed E-state index contributed by atoms with van der Waals surface area (Å²) < 4.78 is 90.6. The summed E-state index contributed by atoms with van der Waals surface area (Å²) in [6.07, 6.45) is -6.50. The molecule has 4 rings (SSSR count). The van der Waals surface area contributed by atoms with Crippen LogP contribution in [0.5, 0.6) is 0 Å². The fourth-order valence-electron chi connectivity index (χ4n) is 5.39. The molecule has 1 saturated heterocycles. The minimum absolute atomic E-state index is 0.120. The lowest BCUT2D eigenvalue weighted by molar-refractivity contribution is -0.158. The van der Waals surface area contributed by atoms with Gasteiger partial charge >= 0.3 is 12.1 Å². The molecule has 1 aliphatic rings. The Kier molecular flexibility index (Phi) is 12.1. The van der Waals surface area contributed by atoms with Crippen molar-refractivity contribution < 1.29 is 45.4 Å². The highest BCUT2D eigenvalue weighted by Crippen LogP contribution is 2.30.